The molecule has 0 atom stereocenters. The summed E-state index contributed by atoms with van der Waals surface area (Å²) in [6.45, 7) is 0. The zero-order valence-corrected chi connectivity index (χ0v) is 11.5. The summed E-state index contributed by atoms with van der Waals surface area (Å²) in [7, 11) is -3.64. The summed E-state index contributed by atoms with van der Waals surface area (Å²) in [5.41, 5.74) is 0.319. The van der Waals surface area contributed by atoms with E-state index in [-0.39, 0.29) is 4.90 Å². The Balaban J connectivity index is 2.27. The van der Waals surface area contributed by atoms with Crippen molar-refractivity contribution < 1.29 is 12.8 Å². The summed E-state index contributed by atoms with van der Waals surface area (Å²) in [5.74, 6) is -0.415. The number of nitrogens with one attached hydrogen (secondary N) is 1. The molecule has 2 aromatic carbocycles. The highest BCUT2D eigenvalue weighted by Gasteiger charge is 2.13. The minimum absolute atomic E-state index is 0.148. The van der Waals surface area contributed by atoms with Crippen LogP contribution in [0, 0.1) is 5.82 Å². The number of halogens is 2. The van der Waals surface area contributed by atoms with Crippen LogP contribution in [-0.4, -0.2) is 8.42 Å². The van der Waals surface area contributed by atoms with Crippen LogP contribution in [0.25, 0.3) is 0 Å². The molecule has 0 unspecified atom stereocenters. The number of benzene rings is 2. The zero-order valence-electron chi connectivity index (χ0n) is 9.10. The van der Waals surface area contributed by atoms with Crippen molar-refractivity contribution in [2.24, 2.45) is 0 Å². The highest BCUT2D eigenvalue weighted by molar-refractivity contribution is 9.10. The number of rotatable bonds is 3. The molecule has 0 radical (unpaired) electrons. The van der Waals surface area contributed by atoms with E-state index in [1.54, 1.807) is 12.1 Å². The van der Waals surface area contributed by atoms with Crippen LogP contribution in [0.15, 0.2) is 57.9 Å². The van der Waals surface area contributed by atoms with Gasteiger partial charge in [-0.3, -0.25) is 4.72 Å². The Morgan fingerprint density at radius 3 is 2.06 bits per heavy atom. The molecule has 0 aliphatic carbocycles. The lowest BCUT2D eigenvalue weighted by Crippen LogP contribution is -2.12. The molecule has 0 aromatic heterocycles. The first kappa shape index (κ1) is 13.0. The van der Waals surface area contributed by atoms with Gasteiger partial charge >= 0.3 is 0 Å². The molecule has 0 spiro atoms. The highest BCUT2D eigenvalue weighted by atomic mass is 79.9. The maximum Gasteiger partial charge on any atom is 0.261 e. The molecule has 2 aromatic rings. The second-order valence-electron chi connectivity index (χ2n) is 3.57. The quantitative estimate of drug-likeness (QED) is 0.938. The van der Waals surface area contributed by atoms with Crippen LogP contribution in [-0.2, 0) is 10.0 Å². The predicted octanol–water partition coefficient (Wildman–Crippen LogP) is 3.39. The van der Waals surface area contributed by atoms with E-state index >= 15 is 0 Å². The summed E-state index contributed by atoms with van der Waals surface area (Å²) >= 11 is 3.23. The van der Waals surface area contributed by atoms with Crippen LogP contribution < -0.4 is 4.72 Å². The first-order chi connectivity index (χ1) is 8.47. The fourth-order valence-corrected chi connectivity index (χ4v) is 2.67. The second kappa shape index (κ2) is 5.07. The lowest BCUT2D eigenvalue weighted by atomic mass is 10.3. The van der Waals surface area contributed by atoms with E-state index in [1.807, 2.05) is 0 Å². The van der Waals surface area contributed by atoms with Crippen molar-refractivity contribution in [3.63, 3.8) is 0 Å². The summed E-state index contributed by atoms with van der Waals surface area (Å²) in [4.78, 5) is 0.148. The molecule has 0 aliphatic heterocycles. The minimum Gasteiger partial charge on any atom is -0.280 e. The molecule has 0 amide bonds. The normalized spacial score (nSPS) is 11.2. The molecule has 18 heavy (non-hydrogen) atoms. The number of hydrogen-bond donors (Lipinski definition) is 1. The van der Waals surface area contributed by atoms with Gasteiger partial charge in [0.1, 0.15) is 5.82 Å². The minimum atomic E-state index is -3.64. The SMILES string of the molecule is O=S(=O)(Nc1ccc(F)cc1)c1ccc(Br)cc1. The smallest absolute Gasteiger partial charge is 0.261 e. The van der Waals surface area contributed by atoms with Crippen molar-refractivity contribution in [3.05, 3.63) is 58.8 Å². The third-order valence-corrected chi connectivity index (χ3v) is 4.15. The van der Waals surface area contributed by atoms with Gasteiger partial charge < -0.3 is 0 Å². The summed E-state index contributed by atoms with van der Waals surface area (Å²) in [6.07, 6.45) is 0. The first-order valence-corrected chi connectivity index (χ1v) is 7.29. The number of anilines is 1. The highest BCUT2D eigenvalue weighted by Crippen LogP contribution is 2.18. The fraction of sp³-hybridized carbons (Fsp3) is 0. The molecule has 0 heterocycles. The molecule has 3 nitrogen and oxygen atoms in total. The predicted molar refractivity (Wildman–Crippen MR) is 71.4 cm³/mol. The molecular weight excluding hydrogens is 321 g/mol. The Morgan fingerprint density at radius 2 is 1.50 bits per heavy atom. The van der Waals surface area contributed by atoms with Gasteiger partial charge in [0.05, 0.1) is 4.90 Å². The van der Waals surface area contributed by atoms with E-state index in [9.17, 15) is 12.8 Å². The standard InChI is InChI=1S/C12H9BrFNO2S/c13-9-1-7-12(8-2-9)18(16,17)15-11-5-3-10(14)4-6-11/h1-8,15H. The molecule has 0 saturated heterocycles. The molecule has 0 aliphatic rings. The Hall–Kier alpha value is -1.40. The maximum absolute atomic E-state index is 12.7. The topological polar surface area (TPSA) is 46.2 Å². The molecule has 6 heteroatoms. The molecular formula is C12H9BrFNO2S. The van der Waals surface area contributed by atoms with Crippen LogP contribution in [0.5, 0.6) is 0 Å². The van der Waals surface area contributed by atoms with Gasteiger partial charge in [0, 0.05) is 10.2 Å². The van der Waals surface area contributed by atoms with Gasteiger partial charge in [-0.2, -0.15) is 0 Å². The monoisotopic (exact) mass is 329 g/mol. The van der Waals surface area contributed by atoms with Crippen molar-refractivity contribution in [3.8, 4) is 0 Å². The van der Waals surface area contributed by atoms with Crippen molar-refractivity contribution >= 4 is 31.6 Å². The molecule has 0 saturated carbocycles. The van der Waals surface area contributed by atoms with E-state index in [1.165, 1.54) is 36.4 Å². The van der Waals surface area contributed by atoms with Gasteiger partial charge in [0.25, 0.3) is 10.0 Å². The van der Waals surface area contributed by atoms with E-state index in [2.05, 4.69) is 20.7 Å². The van der Waals surface area contributed by atoms with Crippen LogP contribution >= 0.6 is 15.9 Å². The Morgan fingerprint density at radius 1 is 0.944 bits per heavy atom. The third-order valence-electron chi connectivity index (χ3n) is 2.22. The Kier molecular flexibility index (Phi) is 3.68. The van der Waals surface area contributed by atoms with E-state index in [0.717, 1.165) is 4.47 Å². The lowest BCUT2D eigenvalue weighted by Gasteiger charge is -2.07. The Labute approximate surface area is 113 Å². The van der Waals surface area contributed by atoms with Gasteiger partial charge in [-0.15, -0.1) is 0 Å². The summed E-state index contributed by atoms with van der Waals surface area (Å²) in [5, 5.41) is 0. The third kappa shape index (κ3) is 3.08. The molecule has 1 N–H and O–H groups in total. The Bertz CT molecular complexity index is 639. The molecule has 2 rings (SSSR count). The van der Waals surface area contributed by atoms with E-state index < -0.39 is 15.8 Å². The lowest BCUT2D eigenvalue weighted by molar-refractivity contribution is 0.601. The van der Waals surface area contributed by atoms with Crippen LogP contribution in [0.2, 0.25) is 0 Å². The largest absolute Gasteiger partial charge is 0.280 e. The van der Waals surface area contributed by atoms with Gasteiger partial charge in [-0.05, 0) is 48.5 Å². The van der Waals surface area contributed by atoms with Crippen molar-refractivity contribution in [2.75, 3.05) is 4.72 Å². The second-order valence-corrected chi connectivity index (χ2v) is 6.16. The zero-order chi connectivity index (χ0) is 13.2. The summed E-state index contributed by atoms with van der Waals surface area (Å²) in [6, 6.07) is 11.4. The van der Waals surface area contributed by atoms with Gasteiger partial charge in [-0.1, -0.05) is 15.9 Å². The van der Waals surface area contributed by atoms with Crippen LogP contribution in [0.1, 0.15) is 0 Å². The molecule has 94 valence electrons. The number of hydrogen-bond acceptors (Lipinski definition) is 2. The van der Waals surface area contributed by atoms with Crippen molar-refractivity contribution in [1.29, 1.82) is 0 Å². The van der Waals surface area contributed by atoms with Gasteiger partial charge in [0.15, 0.2) is 0 Å². The summed E-state index contributed by atoms with van der Waals surface area (Å²) < 4.78 is 39.8. The van der Waals surface area contributed by atoms with Gasteiger partial charge in [-0.25, -0.2) is 12.8 Å². The van der Waals surface area contributed by atoms with Crippen molar-refractivity contribution in [1.82, 2.24) is 0 Å². The van der Waals surface area contributed by atoms with Crippen LogP contribution in [0.4, 0.5) is 10.1 Å². The molecule has 0 bridgehead atoms. The maximum atomic E-state index is 12.7. The molecule has 0 fully saturated rings. The number of sulfonamides is 1. The van der Waals surface area contributed by atoms with Crippen molar-refractivity contribution in [2.45, 2.75) is 4.90 Å². The fourth-order valence-electron chi connectivity index (χ4n) is 1.35. The first-order valence-electron chi connectivity index (χ1n) is 5.01. The van der Waals surface area contributed by atoms with E-state index in [4.69, 9.17) is 0 Å². The van der Waals surface area contributed by atoms with Gasteiger partial charge in [0.2, 0.25) is 0 Å². The average Bonchev–Trinajstić information content (AvgIpc) is 2.32. The van der Waals surface area contributed by atoms with Crippen LogP contribution in [0.3, 0.4) is 0 Å². The van der Waals surface area contributed by atoms with E-state index in [0.29, 0.717) is 5.69 Å². The average molecular weight is 330 g/mol.